The minimum Gasteiger partial charge on any atom is -0.371 e. The van der Waals surface area contributed by atoms with Crippen molar-refractivity contribution in [1.29, 1.82) is 5.26 Å². The maximum atomic E-state index is 14.3. The van der Waals surface area contributed by atoms with Crippen molar-refractivity contribution in [2.75, 3.05) is 75.2 Å². The lowest BCUT2D eigenvalue weighted by atomic mass is 9.52. The van der Waals surface area contributed by atoms with Gasteiger partial charge in [-0.3, -0.25) is 43.9 Å². The van der Waals surface area contributed by atoms with Gasteiger partial charge in [-0.1, -0.05) is 11.6 Å². The Balaban J connectivity index is 0.679. The molecule has 326 valence electrons. The van der Waals surface area contributed by atoms with E-state index in [0.717, 1.165) is 152 Å². The van der Waals surface area contributed by atoms with Crippen molar-refractivity contribution in [2.45, 2.75) is 95.6 Å². The molecule has 2 aromatic rings. The first-order valence-electron chi connectivity index (χ1n) is 22.8. The highest BCUT2D eigenvalue weighted by Gasteiger charge is 2.58. The largest absolute Gasteiger partial charge is 0.371 e. The van der Waals surface area contributed by atoms with Crippen LogP contribution in [0.4, 0.5) is 11.4 Å². The molecule has 8 fully saturated rings. The third-order valence-corrected chi connectivity index (χ3v) is 16.8. The molecule has 1 spiro atoms. The summed E-state index contributed by atoms with van der Waals surface area (Å²) in [6.07, 6.45) is 10.0. The van der Waals surface area contributed by atoms with E-state index in [0.29, 0.717) is 34.0 Å². The number of hydrogen-bond donors (Lipinski definition) is 1. The first-order chi connectivity index (χ1) is 29.9. The van der Waals surface area contributed by atoms with E-state index in [1.807, 2.05) is 18.2 Å². The van der Waals surface area contributed by atoms with Gasteiger partial charge >= 0.3 is 0 Å². The van der Waals surface area contributed by atoms with Gasteiger partial charge in [-0.25, -0.2) is 0 Å². The zero-order valence-electron chi connectivity index (χ0n) is 35.3. The van der Waals surface area contributed by atoms with Gasteiger partial charge in [-0.2, -0.15) is 5.26 Å². The number of halogens is 1. The summed E-state index contributed by atoms with van der Waals surface area (Å²) in [4.78, 5) is 91.7. The van der Waals surface area contributed by atoms with Gasteiger partial charge in [-0.05, 0) is 119 Å². The van der Waals surface area contributed by atoms with Crippen LogP contribution >= 0.6 is 11.6 Å². The molecule has 15 heteroatoms. The van der Waals surface area contributed by atoms with Crippen LogP contribution in [-0.4, -0.2) is 133 Å². The normalized spacial score (nSPS) is 29.0. The fraction of sp³-hybridized carbons (Fsp3) is 0.596. The third-order valence-electron chi connectivity index (χ3n) is 16.5. The van der Waals surface area contributed by atoms with Crippen molar-refractivity contribution in [1.82, 2.24) is 24.9 Å². The Labute approximate surface area is 367 Å². The standard InChI is InChI=1S/C47H55ClN8O6/c48-37-28-34(2-1-31(37)29-49)55-22-17-45(30-55)15-20-53(21-16-45)43(61)46-9-12-47(13-10-46,14-11-46)44(62)54-25-23-52(24-26-54)32-7-18-51(19-8-32)33-3-4-35-36(27-33)42(60)56(41(35)59)38-5-6-39(57)50-40(38)58/h1-4,27-28,32,38H,5-26,30H2,(H,50,57,58). The molecule has 11 rings (SSSR count). The van der Waals surface area contributed by atoms with E-state index in [2.05, 4.69) is 35.9 Å². The molecule has 2 bridgehead atoms. The summed E-state index contributed by atoms with van der Waals surface area (Å²) in [5, 5.41) is 12.0. The molecule has 0 aromatic heterocycles. The monoisotopic (exact) mass is 862 g/mol. The second-order valence-corrected chi connectivity index (χ2v) is 19.9. The van der Waals surface area contributed by atoms with Gasteiger partial charge in [0.15, 0.2) is 0 Å². The molecular weight excluding hydrogens is 808 g/mol. The number of nitrogens with zero attached hydrogens (tertiary/aromatic N) is 7. The molecule has 2 aromatic carbocycles. The molecular formula is C47H55ClN8O6. The quantitative estimate of drug-likeness (QED) is 0.408. The van der Waals surface area contributed by atoms with Crippen LogP contribution in [0.5, 0.6) is 0 Å². The van der Waals surface area contributed by atoms with Crippen LogP contribution in [-0.2, 0) is 19.2 Å². The zero-order valence-corrected chi connectivity index (χ0v) is 36.1. The Morgan fingerprint density at radius 1 is 0.661 bits per heavy atom. The number of piperazine rings is 1. The predicted octanol–water partition coefficient (Wildman–Crippen LogP) is 4.59. The van der Waals surface area contributed by atoms with Gasteiger partial charge in [0.2, 0.25) is 23.6 Å². The fourth-order valence-corrected chi connectivity index (χ4v) is 12.7. The molecule has 1 unspecified atom stereocenters. The molecule has 5 saturated heterocycles. The molecule has 62 heavy (non-hydrogen) atoms. The van der Waals surface area contributed by atoms with Gasteiger partial charge in [0.05, 0.1) is 21.7 Å². The number of fused-ring (bicyclic) bond motifs is 4. The highest BCUT2D eigenvalue weighted by Crippen LogP contribution is 2.58. The maximum absolute atomic E-state index is 14.3. The third kappa shape index (κ3) is 6.94. The van der Waals surface area contributed by atoms with Crippen molar-refractivity contribution < 1.29 is 28.8 Å². The van der Waals surface area contributed by atoms with Crippen LogP contribution in [0.1, 0.15) is 110 Å². The number of amides is 6. The molecule has 0 radical (unpaired) electrons. The van der Waals surface area contributed by atoms with E-state index in [4.69, 9.17) is 11.6 Å². The molecule has 14 nitrogen and oxygen atoms in total. The smallest absolute Gasteiger partial charge is 0.262 e. The van der Waals surface area contributed by atoms with E-state index in [9.17, 15) is 34.0 Å². The lowest BCUT2D eigenvalue weighted by molar-refractivity contribution is -0.165. The Hall–Kier alpha value is -5.00. The van der Waals surface area contributed by atoms with Gasteiger partial charge < -0.3 is 19.6 Å². The summed E-state index contributed by atoms with van der Waals surface area (Å²) in [5.41, 5.74) is 2.54. The summed E-state index contributed by atoms with van der Waals surface area (Å²) in [5.74, 6) is -1.38. The minimum atomic E-state index is -0.982. The molecule has 6 amide bonds. The van der Waals surface area contributed by atoms with E-state index < -0.39 is 29.7 Å². The van der Waals surface area contributed by atoms with Crippen molar-refractivity contribution in [3.63, 3.8) is 0 Å². The Kier molecular flexibility index (Phi) is 10.4. The lowest BCUT2D eigenvalue weighted by Gasteiger charge is -2.55. The summed E-state index contributed by atoms with van der Waals surface area (Å²) in [6, 6.07) is 12.6. The SMILES string of the molecule is N#Cc1ccc(N2CCC3(CCN(C(=O)C45CCC(C(=O)N6CCN(C7CCN(c8ccc9c(c8)C(=O)N(C8CCC(=O)NC8=O)C9=O)CC7)CC6)(CC4)CC5)CC3)C2)cc1Cl. The Morgan fingerprint density at radius 2 is 1.24 bits per heavy atom. The highest BCUT2D eigenvalue weighted by molar-refractivity contribution is 6.32. The van der Waals surface area contributed by atoms with Crippen LogP contribution in [0, 0.1) is 27.6 Å². The maximum Gasteiger partial charge on any atom is 0.262 e. The Morgan fingerprint density at radius 3 is 1.85 bits per heavy atom. The number of hydrogen-bond acceptors (Lipinski definition) is 10. The molecule has 6 aliphatic heterocycles. The van der Waals surface area contributed by atoms with Gasteiger partial charge in [0.25, 0.3) is 11.8 Å². The summed E-state index contributed by atoms with van der Waals surface area (Å²) in [7, 11) is 0. The fourth-order valence-electron chi connectivity index (χ4n) is 12.5. The molecule has 3 aliphatic carbocycles. The van der Waals surface area contributed by atoms with E-state index in [1.165, 1.54) is 0 Å². The second kappa shape index (κ2) is 15.7. The van der Waals surface area contributed by atoms with Crippen LogP contribution in [0.2, 0.25) is 5.02 Å². The number of nitrogens with one attached hydrogen (secondary N) is 1. The van der Waals surface area contributed by atoms with E-state index in [-0.39, 0.29) is 34.7 Å². The number of benzene rings is 2. The van der Waals surface area contributed by atoms with Gasteiger partial charge in [-0.15, -0.1) is 0 Å². The highest BCUT2D eigenvalue weighted by atomic mass is 35.5. The lowest BCUT2D eigenvalue weighted by Crippen LogP contribution is -2.60. The molecule has 3 saturated carbocycles. The van der Waals surface area contributed by atoms with Crippen LogP contribution in [0.15, 0.2) is 36.4 Å². The van der Waals surface area contributed by atoms with Crippen molar-refractivity contribution in [3.8, 4) is 6.07 Å². The van der Waals surface area contributed by atoms with E-state index in [1.54, 1.807) is 18.2 Å². The summed E-state index contributed by atoms with van der Waals surface area (Å²) < 4.78 is 0. The number of piperidine rings is 3. The topological polar surface area (TPSA) is 158 Å². The summed E-state index contributed by atoms with van der Waals surface area (Å²) in [6.45, 7) is 8.22. The molecule has 9 aliphatic rings. The van der Waals surface area contributed by atoms with Crippen molar-refractivity contribution in [3.05, 3.63) is 58.1 Å². The number of rotatable bonds is 6. The molecule has 1 atom stereocenters. The van der Waals surface area contributed by atoms with Crippen molar-refractivity contribution >= 4 is 58.4 Å². The number of likely N-dealkylation sites (tertiary alicyclic amines) is 1. The van der Waals surface area contributed by atoms with Gasteiger partial charge in [0, 0.05) is 100 Å². The van der Waals surface area contributed by atoms with Crippen LogP contribution in [0.25, 0.3) is 0 Å². The Bertz CT molecular complexity index is 2240. The number of anilines is 2. The number of carbonyl (C=O) groups excluding carboxylic acids is 6. The first kappa shape index (κ1) is 41.0. The van der Waals surface area contributed by atoms with Crippen LogP contribution in [0.3, 0.4) is 0 Å². The number of nitriles is 1. The molecule has 6 heterocycles. The number of carbonyl (C=O) groups is 6. The first-order valence-corrected chi connectivity index (χ1v) is 23.2. The van der Waals surface area contributed by atoms with Crippen LogP contribution < -0.4 is 15.1 Å². The second-order valence-electron chi connectivity index (χ2n) is 19.5. The molecule has 1 N–H and O–H groups in total. The van der Waals surface area contributed by atoms with Crippen molar-refractivity contribution in [2.24, 2.45) is 16.2 Å². The minimum absolute atomic E-state index is 0.0864. The zero-order chi connectivity index (χ0) is 43.0. The predicted molar refractivity (Wildman–Crippen MR) is 230 cm³/mol. The van der Waals surface area contributed by atoms with Gasteiger partial charge in [0.1, 0.15) is 12.1 Å². The van der Waals surface area contributed by atoms with E-state index >= 15 is 0 Å². The summed E-state index contributed by atoms with van der Waals surface area (Å²) >= 11 is 6.35. The average Bonchev–Trinajstić information content (AvgIpc) is 3.83. The number of imide groups is 2. The average molecular weight is 863 g/mol.